The molecule has 2 aromatic heterocycles. The monoisotopic (exact) mass is 1130 g/mol. The minimum atomic E-state index is -0.523. The number of piperazine rings is 2. The number of aliphatic imine (C=N–C) groups is 1. The first-order chi connectivity index (χ1) is 39.2. The standard InChI is InChI=1S/C32H33FN4O4.C23H27N5O3.C7H4FNO.CH4/c1-32(2,3)41-31(39)37-16-14-36(15-17-37)30-21-34-28-13-12-27(20-29(28)35-30)40-26-10-6-23(7-11-26)19-25(38)18-22-4-8-24(33)9-5-22;1-23(2,3)31-22(29)28-12-10-27(11-13-28)21-15-25-19-9-8-18(14-20(19)26-21)30-17-6-4-16(24)5-7-17;8-6-1-3-7(4-2-6)9-5-10;/h4-13,20-21H,14-19H2,1-3H3;4-9,14-15H,10-13,24H2,1-3H3;1-4H;1H4. The first-order valence-electron chi connectivity index (χ1n) is 26.6. The van der Waals surface area contributed by atoms with E-state index in [0.717, 1.165) is 39.3 Å². The highest BCUT2D eigenvalue weighted by molar-refractivity contribution is 5.83. The molecule has 0 spiro atoms. The number of isocyanates is 1. The van der Waals surface area contributed by atoms with Crippen LogP contribution in [0.15, 0.2) is 151 Å². The number of nitrogens with zero attached hydrogens (tertiary/aromatic N) is 9. The Labute approximate surface area is 481 Å². The molecule has 0 aliphatic carbocycles. The van der Waals surface area contributed by atoms with Crippen molar-refractivity contribution >= 4 is 69.1 Å². The lowest BCUT2D eigenvalue weighted by atomic mass is 10.0. The fourth-order valence-corrected chi connectivity index (χ4v) is 8.46. The van der Waals surface area contributed by atoms with E-state index < -0.39 is 11.2 Å². The van der Waals surface area contributed by atoms with Gasteiger partial charge in [-0.15, -0.1) is 0 Å². The lowest BCUT2D eigenvalue weighted by Gasteiger charge is -2.36. The van der Waals surface area contributed by atoms with Crippen molar-refractivity contribution in [2.24, 2.45) is 4.99 Å². The summed E-state index contributed by atoms with van der Waals surface area (Å²) in [5.41, 5.74) is 10.5. The number of aromatic nitrogens is 4. The summed E-state index contributed by atoms with van der Waals surface area (Å²) in [6.07, 6.45) is 4.85. The van der Waals surface area contributed by atoms with Gasteiger partial charge in [-0.25, -0.2) is 33.1 Å². The highest BCUT2D eigenvalue weighted by Crippen LogP contribution is 2.29. The number of Topliss-reactive ketones (excluding diaryl/α,β-unsaturated/α-hetero) is 1. The third-order valence-corrected chi connectivity index (χ3v) is 12.5. The van der Waals surface area contributed by atoms with Crippen LogP contribution in [0.3, 0.4) is 0 Å². The van der Waals surface area contributed by atoms with Crippen molar-refractivity contribution < 1.29 is 46.9 Å². The van der Waals surface area contributed by atoms with E-state index in [0.29, 0.717) is 92.2 Å². The van der Waals surface area contributed by atoms with Crippen LogP contribution in [0, 0.1) is 11.6 Å². The zero-order valence-electron chi connectivity index (χ0n) is 46.6. The Morgan fingerprint density at radius 2 is 0.904 bits per heavy atom. The minimum absolute atomic E-state index is 0. The molecule has 2 fully saturated rings. The molecule has 432 valence electrons. The second kappa shape index (κ2) is 27.7. The number of anilines is 3. The second-order valence-electron chi connectivity index (χ2n) is 21.3. The number of nitrogens with two attached hydrogens (primary N) is 1. The minimum Gasteiger partial charge on any atom is -0.457 e. The normalized spacial score (nSPS) is 13.3. The molecule has 0 radical (unpaired) electrons. The van der Waals surface area contributed by atoms with Crippen molar-refractivity contribution in [1.29, 1.82) is 0 Å². The Balaban J connectivity index is 0.000000207. The average Bonchev–Trinajstić information content (AvgIpc) is 3.65. The summed E-state index contributed by atoms with van der Waals surface area (Å²) in [5.74, 6) is 3.57. The zero-order chi connectivity index (χ0) is 58.4. The van der Waals surface area contributed by atoms with Crippen molar-refractivity contribution in [3.8, 4) is 23.0 Å². The van der Waals surface area contributed by atoms with Gasteiger partial charge >= 0.3 is 12.2 Å². The third kappa shape index (κ3) is 18.5. The number of carbonyl (C=O) groups is 3. The Hall–Kier alpha value is -9.55. The Morgan fingerprint density at radius 3 is 1.30 bits per heavy atom. The summed E-state index contributed by atoms with van der Waals surface area (Å²) in [6.45, 7) is 16.1. The van der Waals surface area contributed by atoms with Crippen LogP contribution in [0.2, 0.25) is 0 Å². The van der Waals surface area contributed by atoms with E-state index in [1.54, 1.807) is 46.5 Å². The number of ether oxygens (including phenoxy) is 4. The molecule has 0 bridgehead atoms. The van der Waals surface area contributed by atoms with E-state index in [4.69, 9.17) is 34.6 Å². The van der Waals surface area contributed by atoms with Crippen LogP contribution in [-0.2, 0) is 31.9 Å². The molecule has 8 aromatic rings. The molecule has 2 N–H and O–H groups in total. The quantitative estimate of drug-likeness (QED) is 0.0726. The van der Waals surface area contributed by atoms with Gasteiger partial charge < -0.3 is 44.3 Å². The van der Waals surface area contributed by atoms with Crippen LogP contribution in [0.5, 0.6) is 23.0 Å². The van der Waals surface area contributed by atoms with Gasteiger partial charge in [-0.05, 0) is 150 Å². The molecule has 0 saturated carbocycles. The molecule has 18 nitrogen and oxygen atoms in total. The van der Waals surface area contributed by atoms with Gasteiger partial charge in [-0.2, -0.15) is 4.99 Å². The maximum atomic E-state index is 13.1. The van der Waals surface area contributed by atoms with E-state index in [1.165, 1.54) is 42.5 Å². The highest BCUT2D eigenvalue weighted by Gasteiger charge is 2.28. The summed E-state index contributed by atoms with van der Waals surface area (Å²) in [5, 5.41) is 0. The highest BCUT2D eigenvalue weighted by atomic mass is 19.1. The maximum Gasteiger partial charge on any atom is 0.410 e. The topological polar surface area (TPSA) is 208 Å². The van der Waals surface area contributed by atoms with Gasteiger partial charge in [0.05, 0.1) is 40.1 Å². The summed E-state index contributed by atoms with van der Waals surface area (Å²) < 4.78 is 48.2. The first-order valence-corrected chi connectivity index (χ1v) is 26.6. The molecule has 2 saturated heterocycles. The predicted octanol–water partition coefficient (Wildman–Crippen LogP) is 12.5. The molecule has 2 amide bonds. The van der Waals surface area contributed by atoms with Crippen molar-refractivity contribution in [2.75, 3.05) is 67.9 Å². The fraction of sp³-hybridized carbons (Fsp3) is 0.302. The van der Waals surface area contributed by atoms with Crippen molar-refractivity contribution in [1.82, 2.24) is 29.7 Å². The van der Waals surface area contributed by atoms with Crippen LogP contribution < -0.4 is 25.0 Å². The Bertz CT molecular complexity index is 3520. The van der Waals surface area contributed by atoms with E-state index >= 15 is 0 Å². The third-order valence-electron chi connectivity index (χ3n) is 12.5. The number of fused-ring (bicyclic) bond motifs is 2. The van der Waals surface area contributed by atoms with Crippen LogP contribution in [0.1, 0.15) is 60.1 Å². The summed E-state index contributed by atoms with van der Waals surface area (Å²) in [7, 11) is 0. The number of carbonyl (C=O) groups excluding carboxylic acids is 4. The molecule has 0 unspecified atom stereocenters. The van der Waals surface area contributed by atoms with Crippen LogP contribution >= 0.6 is 0 Å². The van der Waals surface area contributed by atoms with Crippen molar-refractivity contribution in [3.63, 3.8) is 0 Å². The van der Waals surface area contributed by atoms with Gasteiger partial charge in [0, 0.05) is 83.0 Å². The average molecular weight is 1130 g/mol. The lowest BCUT2D eigenvalue weighted by molar-refractivity contribution is -0.117. The lowest BCUT2D eigenvalue weighted by Crippen LogP contribution is -2.50. The van der Waals surface area contributed by atoms with E-state index in [1.807, 2.05) is 114 Å². The van der Waals surface area contributed by atoms with Gasteiger partial charge in [-0.1, -0.05) is 31.7 Å². The number of amides is 2. The largest absolute Gasteiger partial charge is 0.457 e. The fourth-order valence-electron chi connectivity index (χ4n) is 8.46. The smallest absolute Gasteiger partial charge is 0.410 e. The Morgan fingerprint density at radius 1 is 0.530 bits per heavy atom. The number of rotatable bonds is 11. The van der Waals surface area contributed by atoms with Crippen molar-refractivity contribution in [2.45, 2.75) is 73.0 Å². The molecule has 4 heterocycles. The second-order valence-corrected chi connectivity index (χ2v) is 21.3. The number of benzene rings is 6. The SMILES string of the molecule is C.CC(C)(C)OC(=O)N1CCN(c2cnc3ccc(Oc4ccc(CC(=O)Cc5ccc(F)cc5)cc4)cc3n2)CC1.CC(C)(C)OC(=O)N1CCN(c2cnc3ccc(Oc4ccc(N)cc4)cc3n2)CC1.O=C=Nc1ccc(F)cc1. The maximum absolute atomic E-state index is 13.1. The van der Waals surface area contributed by atoms with Gasteiger partial charge in [0.25, 0.3) is 0 Å². The summed E-state index contributed by atoms with van der Waals surface area (Å²) in [4.78, 5) is 76.4. The number of hydrogen-bond donors (Lipinski definition) is 1. The molecule has 20 heteroatoms. The van der Waals surface area contributed by atoms with Crippen LogP contribution in [-0.4, -0.2) is 117 Å². The number of halogens is 2. The van der Waals surface area contributed by atoms with Crippen LogP contribution in [0.25, 0.3) is 22.1 Å². The van der Waals surface area contributed by atoms with Gasteiger partial charge in [-0.3, -0.25) is 14.8 Å². The number of ketones is 1. The number of nitrogen functional groups attached to an aromatic ring is 1. The van der Waals surface area contributed by atoms with Crippen molar-refractivity contribution in [3.05, 3.63) is 169 Å². The van der Waals surface area contributed by atoms with Crippen LogP contribution in [0.4, 0.5) is 41.4 Å². The number of hydrogen-bond acceptors (Lipinski definition) is 16. The molecule has 83 heavy (non-hydrogen) atoms. The zero-order valence-corrected chi connectivity index (χ0v) is 46.6. The molecular formula is C63H68F2N10O8. The molecule has 10 rings (SSSR count). The first kappa shape index (κ1) is 61.1. The predicted molar refractivity (Wildman–Crippen MR) is 316 cm³/mol. The van der Waals surface area contributed by atoms with E-state index in [-0.39, 0.29) is 49.9 Å². The van der Waals surface area contributed by atoms with Gasteiger partial charge in [0.1, 0.15) is 63.3 Å². The Kier molecular flexibility index (Phi) is 20.4. The molecular weight excluding hydrogens is 1060 g/mol. The summed E-state index contributed by atoms with van der Waals surface area (Å²) >= 11 is 0. The molecule has 2 aliphatic heterocycles. The van der Waals surface area contributed by atoms with E-state index in [2.05, 4.69) is 24.8 Å². The molecule has 6 aromatic carbocycles. The summed E-state index contributed by atoms with van der Waals surface area (Å²) in [6, 6.07) is 37.1. The van der Waals surface area contributed by atoms with Gasteiger partial charge in [0.2, 0.25) is 6.08 Å². The molecule has 2 aliphatic rings. The van der Waals surface area contributed by atoms with Gasteiger partial charge in [0.15, 0.2) is 0 Å². The van der Waals surface area contributed by atoms with E-state index in [9.17, 15) is 28.0 Å². The molecule has 0 atom stereocenters.